The van der Waals surface area contributed by atoms with Gasteiger partial charge in [0.1, 0.15) is 13.2 Å². The van der Waals surface area contributed by atoms with E-state index in [1.807, 2.05) is 0 Å². The molecule has 0 N–H and O–H groups in total. The van der Waals surface area contributed by atoms with Gasteiger partial charge in [-0.05, 0) is 116 Å². The van der Waals surface area contributed by atoms with E-state index < -0.39 is 6.10 Å². The van der Waals surface area contributed by atoms with E-state index in [0.717, 1.165) is 122 Å². The Morgan fingerprint density at radius 1 is 0.296 bits per heavy atom. The van der Waals surface area contributed by atoms with E-state index in [0.29, 0.717) is 19.3 Å². The predicted octanol–water partition coefficient (Wildman–Crippen LogP) is 20.1. The Kier molecular flexibility index (Phi) is 55.9. The zero-order valence-electron chi connectivity index (χ0n) is 46.5. The van der Waals surface area contributed by atoms with Crippen LogP contribution in [0.5, 0.6) is 0 Å². The van der Waals surface area contributed by atoms with Crippen LogP contribution in [0.25, 0.3) is 0 Å². The summed E-state index contributed by atoms with van der Waals surface area (Å²) < 4.78 is 16.9. The predicted molar refractivity (Wildman–Crippen MR) is 307 cm³/mol. The fourth-order valence-corrected chi connectivity index (χ4v) is 8.07. The van der Waals surface area contributed by atoms with Crippen LogP contribution in [-0.2, 0) is 28.6 Å². The summed E-state index contributed by atoms with van der Waals surface area (Å²) in [7, 11) is 0. The van der Waals surface area contributed by atoms with Crippen LogP contribution in [0.15, 0.2) is 97.2 Å². The normalized spacial score (nSPS) is 12.8. The SMILES string of the molecule is CC/C=C\C/C=C\C/C=C\C/C=C\CCCCCCCCCCC(=O)OCC(COC(=O)CCCCCCC/C=C\CCCC)OC(=O)CCCCCCCC/C=C\C/C=C\C/C=C\CCCCCCC. The molecule has 0 saturated heterocycles. The zero-order valence-corrected chi connectivity index (χ0v) is 46.5. The smallest absolute Gasteiger partial charge is 0.306 e. The molecule has 0 amide bonds. The number of carbonyl (C=O) groups is 3. The molecule has 0 aliphatic heterocycles. The third kappa shape index (κ3) is 57.1. The highest BCUT2D eigenvalue weighted by atomic mass is 16.6. The van der Waals surface area contributed by atoms with Crippen LogP contribution in [0.3, 0.4) is 0 Å². The largest absolute Gasteiger partial charge is 0.462 e. The summed E-state index contributed by atoms with van der Waals surface area (Å²) in [5.74, 6) is -0.916. The molecule has 0 aliphatic rings. The number of ether oxygens (including phenoxy) is 3. The summed E-state index contributed by atoms with van der Waals surface area (Å²) in [6, 6.07) is 0. The molecule has 0 fully saturated rings. The van der Waals surface area contributed by atoms with Gasteiger partial charge in [0.25, 0.3) is 0 Å². The first kappa shape index (κ1) is 67.3. The molecule has 6 nitrogen and oxygen atoms in total. The fraction of sp³-hybridized carbons (Fsp3) is 0.708. The minimum Gasteiger partial charge on any atom is -0.462 e. The molecule has 0 saturated carbocycles. The van der Waals surface area contributed by atoms with Crippen LogP contribution in [0, 0.1) is 0 Å². The van der Waals surface area contributed by atoms with Crippen molar-refractivity contribution in [3.63, 3.8) is 0 Å². The Labute approximate surface area is 438 Å². The topological polar surface area (TPSA) is 78.9 Å². The number of esters is 3. The van der Waals surface area contributed by atoms with Crippen molar-refractivity contribution in [2.45, 2.75) is 284 Å². The van der Waals surface area contributed by atoms with Crippen LogP contribution in [0.2, 0.25) is 0 Å². The summed E-state index contributed by atoms with van der Waals surface area (Å²) in [6.07, 6.45) is 78.3. The first-order chi connectivity index (χ1) is 35.0. The van der Waals surface area contributed by atoms with Crippen LogP contribution in [-0.4, -0.2) is 37.2 Å². The van der Waals surface area contributed by atoms with Gasteiger partial charge in [0.2, 0.25) is 0 Å². The Balaban J connectivity index is 4.37. The number of unbranched alkanes of at least 4 members (excludes halogenated alkanes) is 26. The third-order valence-corrected chi connectivity index (χ3v) is 12.5. The van der Waals surface area contributed by atoms with Crippen LogP contribution < -0.4 is 0 Å². The molecule has 0 aromatic heterocycles. The summed E-state index contributed by atoms with van der Waals surface area (Å²) in [5.41, 5.74) is 0. The molecule has 406 valence electrons. The van der Waals surface area contributed by atoms with Crippen molar-refractivity contribution >= 4 is 17.9 Å². The first-order valence-corrected chi connectivity index (χ1v) is 29.7. The first-order valence-electron chi connectivity index (χ1n) is 29.7. The minimum atomic E-state index is -0.793. The van der Waals surface area contributed by atoms with Gasteiger partial charge in [0.15, 0.2) is 6.10 Å². The lowest BCUT2D eigenvalue weighted by atomic mass is 10.1. The molecular formula is C65H110O6. The maximum absolute atomic E-state index is 12.9. The van der Waals surface area contributed by atoms with Crippen molar-refractivity contribution in [2.24, 2.45) is 0 Å². The summed E-state index contributed by atoms with van der Waals surface area (Å²) in [6.45, 7) is 6.46. The molecule has 0 radical (unpaired) electrons. The number of hydrogen-bond acceptors (Lipinski definition) is 6. The van der Waals surface area contributed by atoms with Crippen molar-refractivity contribution in [1.82, 2.24) is 0 Å². The van der Waals surface area contributed by atoms with Gasteiger partial charge in [-0.3, -0.25) is 14.4 Å². The summed E-state index contributed by atoms with van der Waals surface area (Å²) in [5, 5.41) is 0. The number of rotatable bonds is 53. The van der Waals surface area contributed by atoms with Gasteiger partial charge >= 0.3 is 17.9 Å². The highest BCUT2D eigenvalue weighted by molar-refractivity contribution is 5.71. The number of allylic oxidation sites excluding steroid dienone is 16. The Bertz CT molecular complexity index is 1410. The second kappa shape index (κ2) is 58.9. The van der Waals surface area contributed by atoms with Gasteiger partial charge in [-0.25, -0.2) is 0 Å². The van der Waals surface area contributed by atoms with E-state index in [-0.39, 0.29) is 31.1 Å². The lowest BCUT2D eigenvalue weighted by Crippen LogP contribution is -2.30. The van der Waals surface area contributed by atoms with E-state index in [1.165, 1.54) is 116 Å². The maximum Gasteiger partial charge on any atom is 0.306 e. The molecule has 0 heterocycles. The molecule has 0 aromatic carbocycles. The van der Waals surface area contributed by atoms with E-state index >= 15 is 0 Å². The minimum absolute atomic E-state index is 0.0902. The van der Waals surface area contributed by atoms with Crippen molar-refractivity contribution in [2.75, 3.05) is 13.2 Å². The van der Waals surface area contributed by atoms with E-state index in [9.17, 15) is 14.4 Å². The highest BCUT2D eigenvalue weighted by Gasteiger charge is 2.19. The highest BCUT2D eigenvalue weighted by Crippen LogP contribution is 2.15. The van der Waals surface area contributed by atoms with Crippen molar-refractivity contribution in [3.8, 4) is 0 Å². The van der Waals surface area contributed by atoms with Crippen LogP contribution >= 0.6 is 0 Å². The van der Waals surface area contributed by atoms with E-state index in [4.69, 9.17) is 14.2 Å². The van der Waals surface area contributed by atoms with Crippen molar-refractivity contribution < 1.29 is 28.6 Å². The van der Waals surface area contributed by atoms with Gasteiger partial charge in [-0.1, -0.05) is 240 Å². The third-order valence-electron chi connectivity index (χ3n) is 12.5. The second-order valence-corrected chi connectivity index (χ2v) is 19.5. The van der Waals surface area contributed by atoms with Crippen molar-refractivity contribution in [1.29, 1.82) is 0 Å². The molecule has 0 bridgehead atoms. The van der Waals surface area contributed by atoms with Gasteiger partial charge in [-0.2, -0.15) is 0 Å². The fourth-order valence-electron chi connectivity index (χ4n) is 8.07. The standard InChI is InChI=1S/C65H110O6/c1-4-7-10-13-16-19-22-24-26-28-30-32-34-36-38-40-43-46-49-52-55-58-64(67)70-61-62(60-69-63(66)57-54-51-48-45-42-21-18-15-12-9-6-3)71-65(68)59-56-53-50-47-44-41-39-37-35-33-31-29-27-25-23-20-17-14-11-8-5-2/h7,10,15-16,18-19,23-26,29-32,35,37,62H,4-6,8-9,11-14,17,20-22,27-28,33-34,36,38-61H2,1-3H3/b10-7-,18-15-,19-16-,25-23-,26-24-,31-29-,32-30-,37-35-. The number of carbonyl (C=O) groups excluding carboxylic acids is 3. The quantitative estimate of drug-likeness (QED) is 0.0261. The average Bonchev–Trinajstić information content (AvgIpc) is 3.37. The molecular weight excluding hydrogens is 877 g/mol. The summed E-state index contributed by atoms with van der Waals surface area (Å²) >= 11 is 0. The lowest BCUT2D eigenvalue weighted by Gasteiger charge is -2.18. The van der Waals surface area contributed by atoms with Crippen LogP contribution in [0.4, 0.5) is 0 Å². The lowest BCUT2D eigenvalue weighted by molar-refractivity contribution is -0.167. The van der Waals surface area contributed by atoms with E-state index in [2.05, 4.69) is 118 Å². The monoisotopic (exact) mass is 987 g/mol. The van der Waals surface area contributed by atoms with Gasteiger partial charge in [0.05, 0.1) is 0 Å². The van der Waals surface area contributed by atoms with Crippen molar-refractivity contribution in [3.05, 3.63) is 97.2 Å². The molecule has 0 aromatic rings. The molecule has 0 spiro atoms. The van der Waals surface area contributed by atoms with Gasteiger partial charge < -0.3 is 14.2 Å². The van der Waals surface area contributed by atoms with Gasteiger partial charge in [0, 0.05) is 19.3 Å². The molecule has 0 aliphatic carbocycles. The number of hydrogen-bond donors (Lipinski definition) is 0. The Morgan fingerprint density at radius 3 is 0.915 bits per heavy atom. The van der Waals surface area contributed by atoms with Crippen LogP contribution in [0.1, 0.15) is 278 Å². The Morgan fingerprint density at radius 2 is 0.563 bits per heavy atom. The molecule has 1 unspecified atom stereocenters. The maximum atomic E-state index is 12.9. The van der Waals surface area contributed by atoms with E-state index in [1.54, 1.807) is 0 Å². The summed E-state index contributed by atoms with van der Waals surface area (Å²) in [4.78, 5) is 38.2. The Hall–Kier alpha value is -3.67. The average molecular weight is 988 g/mol. The second-order valence-electron chi connectivity index (χ2n) is 19.5. The zero-order chi connectivity index (χ0) is 51.4. The molecule has 0 rings (SSSR count). The molecule has 1 atom stereocenters. The van der Waals surface area contributed by atoms with Gasteiger partial charge in [-0.15, -0.1) is 0 Å². The molecule has 6 heteroatoms. The molecule has 71 heavy (non-hydrogen) atoms.